The molecule has 28 heavy (non-hydrogen) atoms. The van der Waals surface area contributed by atoms with Crippen LogP contribution in [0.2, 0.25) is 0 Å². The predicted molar refractivity (Wildman–Crippen MR) is 94.9 cm³/mol. The van der Waals surface area contributed by atoms with Gasteiger partial charge in [0.15, 0.2) is 5.75 Å². The zero-order valence-electron chi connectivity index (χ0n) is 14.3. The van der Waals surface area contributed by atoms with Crippen molar-refractivity contribution in [2.45, 2.75) is 9.79 Å². The Kier molecular flexibility index (Phi) is 6.10. The second-order valence-corrected chi connectivity index (χ2v) is 6.07. The van der Waals surface area contributed by atoms with Gasteiger partial charge in [-0.3, -0.25) is 30.3 Å². The molecule has 0 fully saturated rings. The summed E-state index contributed by atoms with van der Waals surface area (Å²) in [6.45, 7) is 0. The summed E-state index contributed by atoms with van der Waals surface area (Å²) in [4.78, 5) is 43.4. The maximum absolute atomic E-state index is 12.1. The van der Waals surface area contributed by atoms with Gasteiger partial charge in [0.1, 0.15) is 0 Å². The number of carbonyl (C=O) groups excluding carboxylic acids is 1. The highest BCUT2D eigenvalue weighted by Crippen LogP contribution is 2.47. The van der Waals surface area contributed by atoms with Crippen LogP contribution in [0.4, 0.5) is 17.1 Å². The Balaban J connectivity index is 2.85. The fraction of sp³-hybridized carbons (Fsp3) is 0.133. The number of hydrogen-bond donors (Lipinski definition) is 0. The van der Waals surface area contributed by atoms with Crippen LogP contribution in [0.5, 0.6) is 5.75 Å². The third-order valence-corrected chi connectivity index (χ3v) is 4.56. The highest BCUT2D eigenvalue weighted by molar-refractivity contribution is 7.99. The average molecular weight is 409 g/mol. The number of esters is 1. The number of rotatable bonds is 7. The number of hydrogen-bond acceptors (Lipinski definition) is 10. The van der Waals surface area contributed by atoms with Crippen molar-refractivity contribution >= 4 is 34.8 Å². The van der Waals surface area contributed by atoms with Gasteiger partial charge in [-0.1, -0.05) is 23.9 Å². The van der Waals surface area contributed by atoms with E-state index in [1.54, 1.807) is 0 Å². The van der Waals surface area contributed by atoms with Gasteiger partial charge < -0.3 is 9.47 Å². The fourth-order valence-electron chi connectivity index (χ4n) is 2.32. The largest absolute Gasteiger partial charge is 0.490 e. The predicted octanol–water partition coefficient (Wildman–Crippen LogP) is 3.36. The maximum atomic E-state index is 12.1. The van der Waals surface area contributed by atoms with Crippen LogP contribution in [0.15, 0.2) is 40.1 Å². The standard InChI is InChI=1S/C15H11N3O9S/c1-26-9-7-11(28-10-6-4-3-5-8(10)16(20)21)14(18(24)25)12(15(19)27-2)13(9)17(22)23/h3-7H,1-2H3. The summed E-state index contributed by atoms with van der Waals surface area (Å²) >= 11 is 0.596. The second kappa shape index (κ2) is 8.30. The topological polar surface area (TPSA) is 165 Å². The lowest BCUT2D eigenvalue weighted by Gasteiger charge is -2.11. The molecule has 0 amide bonds. The van der Waals surface area contributed by atoms with Crippen molar-refractivity contribution < 1.29 is 29.0 Å². The van der Waals surface area contributed by atoms with Gasteiger partial charge in [-0.25, -0.2) is 4.79 Å². The van der Waals surface area contributed by atoms with E-state index in [0.717, 1.165) is 20.3 Å². The van der Waals surface area contributed by atoms with Crippen LogP contribution in [-0.2, 0) is 4.74 Å². The summed E-state index contributed by atoms with van der Waals surface area (Å²) in [6, 6.07) is 6.40. The minimum atomic E-state index is -1.32. The number of carbonyl (C=O) groups is 1. The van der Waals surface area contributed by atoms with Gasteiger partial charge >= 0.3 is 17.3 Å². The number of nitro benzene ring substituents is 3. The SMILES string of the molecule is COC(=O)c1c([N+](=O)[O-])c(OC)cc(Sc2ccccc2[N+](=O)[O-])c1[N+](=O)[O-]. The monoisotopic (exact) mass is 409 g/mol. The van der Waals surface area contributed by atoms with Crippen molar-refractivity contribution in [1.82, 2.24) is 0 Å². The molecule has 0 bridgehead atoms. The van der Waals surface area contributed by atoms with Gasteiger partial charge in [-0.15, -0.1) is 0 Å². The Labute approximate surface area is 160 Å². The lowest BCUT2D eigenvalue weighted by atomic mass is 10.1. The molecule has 0 atom stereocenters. The van der Waals surface area contributed by atoms with Crippen LogP contribution in [0, 0.1) is 30.3 Å². The second-order valence-electron chi connectivity index (χ2n) is 4.98. The Hall–Kier alpha value is -3.74. The molecule has 13 heteroatoms. The van der Waals surface area contributed by atoms with Crippen LogP contribution in [-0.4, -0.2) is 35.0 Å². The molecule has 0 saturated heterocycles. The summed E-state index contributed by atoms with van der Waals surface area (Å²) in [5, 5.41) is 34.2. The molecule has 0 radical (unpaired) electrons. The van der Waals surface area contributed by atoms with Crippen molar-refractivity contribution in [3.8, 4) is 5.75 Å². The molecule has 0 spiro atoms. The van der Waals surface area contributed by atoms with Crippen LogP contribution in [0.25, 0.3) is 0 Å². The van der Waals surface area contributed by atoms with Gasteiger partial charge in [0, 0.05) is 12.1 Å². The normalized spacial score (nSPS) is 10.2. The number of methoxy groups -OCH3 is 2. The van der Waals surface area contributed by atoms with Crippen molar-refractivity contribution in [3.63, 3.8) is 0 Å². The number of ether oxygens (including phenoxy) is 2. The molecule has 0 aliphatic carbocycles. The Bertz CT molecular complexity index is 993. The molecule has 0 heterocycles. The van der Waals surface area contributed by atoms with E-state index in [1.807, 2.05) is 0 Å². The number of nitro groups is 3. The molecule has 0 aliphatic heterocycles. The summed E-state index contributed by atoms with van der Waals surface area (Å²) < 4.78 is 9.38. The number of para-hydroxylation sites is 1. The van der Waals surface area contributed by atoms with E-state index in [4.69, 9.17) is 4.74 Å². The molecule has 0 aliphatic rings. The average Bonchev–Trinajstić information content (AvgIpc) is 2.65. The zero-order valence-corrected chi connectivity index (χ0v) is 15.1. The van der Waals surface area contributed by atoms with Crippen molar-refractivity contribution in [2.75, 3.05) is 14.2 Å². The summed E-state index contributed by atoms with van der Waals surface area (Å²) in [6.07, 6.45) is 0. The first-order valence-electron chi connectivity index (χ1n) is 7.26. The first-order valence-corrected chi connectivity index (χ1v) is 8.07. The van der Waals surface area contributed by atoms with E-state index in [2.05, 4.69) is 4.74 Å². The molecule has 12 nitrogen and oxygen atoms in total. The number of benzene rings is 2. The van der Waals surface area contributed by atoms with E-state index < -0.39 is 43.4 Å². The first kappa shape index (κ1) is 20.6. The minimum Gasteiger partial charge on any atom is -0.490 e. The minimum absolute atomic E-state index is 0.0299. The van der Waals surface area contributed by atoms with Crippen LogP contribution >= 0.6 is 11.8 Å². The maximum Gasteiger partial charge on any atom is 0.352 e. The summed E-state index contributed by atoms with van der Waals surface area (Å²) in [7, 11) is 1.98. The lowest BCUT2D eigenvalue weighted by Crippen LogP contribution is -2.11. The van der Waals surface area contributed by atoms with E-state index in [9.17, 15) is 35.1 Å². The molecular weight excluding hydrogens is 398 g/mol. The molecule has 2 aromatic rings. The Morgan fingerprint density at radius 1 is 0.929 bits per heavy atom. The third-order valence-electron chi connectivity index (χ3n) is 3.46. The molecular formula is C15H11N3O9S. The van der Waals surface area contributed by atoms with Gasteiger partial charge in [0.05, 0.1) is 38.8 Å². The van der Waals surface area contributed by atoms with Gasteiger partial charge in [0.25, 0.3) is 5.69 Å². The van der Waals surface area contributed by atoms with Gasteiger partial charge in [-0.05, 0) is 6.07 Å². The summed E-state index contributed by atoms with van der Waals surface area (Å²) in [5.41, 5.74) is -3.10. The summed E-state index contributed by atoms with van der Waals surface area (Å²) in [5.74, 6) is -1.75. The highest BCUT2D eigenvalue weighted by Gasteiger charge is 2.39. The smallest absolute Gasteiger partial charge is 0.352 e. The Morgan fingerprint density at radius 3 is 2.04 bits per heavy atom. The van der Waals surface area contributed by atoms with E-state index >= 15 is 0 Å². The quantitative estimate of drug-likeness (QED) is 0.376. The molecule has 0 N–H and O–H groups in total. The van der Waals surface area contributed by atoms with Gasteiger partial charge in [-0.2, -0.15) is 0 Å². The molecule has 0 saturated carbocycles. The third kappa shape index (κ3) is 3.83. The lowest BCUT2D eigenvalue weighted by molar-refractivity contribution is -0.397. The van der Waals surface area contributed by atoms with Crippen molar-refractivity contribution in [2.24, 2.45) is 0 Å². The molecule has 2 rings (SSSR count). The zero-order chi connectivity index (χ0) is 21.0. The molecule has 0 aromatic heterocycles. The molecule has 0 unspecified atom stereocenters. The van der Waals surface area contributed by atoms with E-state index in [1.165, 1.54) is 24.3 Å². The van der Waals surface area contributed by atoms with Crippen molar-refractivity contribution in [3.05, 3.63) is 66.2 Å². The van der Waals surface area contributed by atoms with E-state index in [0.29, 0.717) is 11.8 Å². The van der Waals surface area contributed by atoms with Crippen LogP contribution in [0.3, 0.4) is 0 Å². The first-order chi connectivity index (χ1) is 13.2. The number of nitrogens with zero attached hydrogens (tertiary/aromatic N) is 3. The van der Waals surface area contributed by atoms with Crippen LogP contribution < -0.4 is 4.74 Å². The van der Waals surface area contributed by atoms with E-state index in [-0.39, 0.29) is 15.5 Å². The van der Waals surface area contributed by atoms with Crippen LogP contribution in [0.1, 0.15) is 10.4 Å². The molecule has 146 valence electrons. The van der Waals surface area contributed by atoms with Gasteiger partial charge in [0.2, 0.25) is 5.56 Å². The molecule has 2 aromatic carbocycles. The fourth-order valence-corrected chi connectivity index (χ4v) is 3.39. The highest BCUT2D eigenvalue weighted by atomic mass is 32.2. The Morgan fingerprint density at radius 2 is 1.54 bits per heavy atom. The van der Waals surface area contributed by atoms with Crippen molar-refractivity contribution in [1.29, 1.82) is 0 Å².